The molecular weight excluding hydrogens is 779 g/mol. The lowest BCUT2D eigenvalue weighted by Gasteiger charge is -2.46. The Morgan fingerprint density at radius 1 is 0.413 bits per heavy atom. The van der Waals surface area contributed by atoms with E-state index in [4.69, 9.17) is 0 Å². The van der Waals surface area contributed by atoms with Crippen LogP contribution in [0.15, 0.2) is 206 Å². The molecule has 1 N–H and O–H groups in total. The molecule has 1 spiro atoms. The molecule has 1 nitrogen and oxygen atoms in total. The zero-order chi connectivity index (χ0) is 42.5. The molecule has 3 aliphatic rings. The number of nitrogens with one attached hydrogen (secondary N) is 1. The predicted molar refractivity (Wildman–Crippen MR) is 269 cm³/mol. The van der Waals surface area contributed by atoms with E-state index in [0.717, 1.165) is 5.69 Å². The Morgan fingerprint density at radius 3 is 1.75 bits per heavy atom. The average molecular weight is 826 g/mol. The van der Waals surface area contributed by atoms with Crippen LogP contribution in [-0.4, -0.2) is 0 Å². The van der Waals surface area contributed by atoms with Crippen LogP contribution in [-0.2, 0) is 16.2 Å². The van der Waals surface area contributed by atoms with Gasteiger partial charge in [-0.05, 0) is 114 Å². The van der Waals surface area contributed by atoms with Crippen LogP contribution in [0.2, 0.25) is 0 Å². The van der Waals surface area contributed by atoms with Gasteiger partial charge >= 0.3 is 0 Å². The van der Waals surface area contributed by atoms with Gasteiger partial charge in [-0.1, -0.05) is 198 Å². The van der Waals surface area contributed by atoms with Crippen LogP contribution in [0.4, 0.5) is 5.69 Å². The molecule has 302 valence electrons. The summed E-state index contributed by atoms with van der Waals surface area (Å²) < 4.78 is 2.67. The lowest BCUT2D eigenvalue weighted by Crippen LogP contribution is -2.40. The summed E-state index contributed by atoms with van der Waals surface area (Å²) in [4.78, 5) is 0. The average Bonchev–Trinajstić information content (AvgIpc) is 3.91. The molecule has 2 heteroatoms. The molecule has 0 fully saturated rings. The molecule has 63 heavy (non-hydrogen) atoms. The second kappa shape index (κ2) is 14.0. The first kappa shape index (κ1) is 37.7. The van der Waals surface area contributed by atoms with Crippen LogP contribution in [0.25, 0.3) is 54.1 Å². The lowest BCUT2D eigenvalue weighted by molar-refractivity contribution is 0.563. The van der Waals surface area contributed by atoms with E-state index >= 15 is 0 Å². The van der Waals surface area contributed by atoms with Crippen molar-refractivity contribution in [2.24, 2.45) is 0 Å². The summed E-state index contributed by atoms with van der Waals surface area (Å²) in [7, 11) is 0. The van der Waals surface area contributed by atoms with Gasteiger partial charge < -0.3 is 5.32 Å². The van der Waals surface area contributed by atoms with E-state index in [1.165, 1.54) is 104 Å². The van der Waals surface area contributed by atoms with Gasteiger partial charge in [0, 0.05) is 42.9 Å². The smallest absolute Gasteiger partial charge is 0.0720 e. The molecule has 12 rings (SSSR count). The Balaban J connectivity index is 0.894. The summed E-state index contributed by atoms with van der Waals surface area (Å²) in [5.74, 6) is 0. The Morgan fingerprint density at radius 2 is 1.00 bits per heavy atom. The first-order valence-corrected chi connectivity index (χ1v) is 23.0. The Kier molecular flexibility index (Phi) is 8.39. The Hall–Kier alpha value is -7.00. The maximum atomic E-state index is 3.78. The maximum absolute atomic E-state index is 3.78. The number of thiophene rings is 1. The second-order valence-electron chi connectivity index (χ2n) is 18.5. The molecule has 0 amide bonds. The largest absolute Gasteiger partial charge is 0.362 e. The third-order valence-electron chi connectivity index (χ3n) is 14.5. The maximum Gasteiger partial charge on any atom is 0.0720 e. The lowest BCUT2D eigenvalue weighted by atomic mass is 9.55. The second-order valence-corrected chi connectivity index (χ2v) is 19.6. The van der Waals surface area contributed by atoms with E-state index in [0.29, 0.717) is 0 Å². The molecule has 0 bridgehead atoms. The molecule has 1 aromatic heterocycles. The summed E-state index contributed by atoms with van der Waals surface area (Å²) in [5, 5.41) is 6.45. The number of anilines is 1. The van der Waals surface area contributed by atoms with E-state index in [-0.39, 0.29) is 10.8 Å². The zero-order valence-electron chi connectivity index (χ0n) is 36.0. The van der Waals surface area contributed by atoms with E-state index < -0.39 is 5.41 Å². The van der Waals surface area contributed by atoms with Gasteiger partial charge in [0.25, 0.3) is 0 Å². The molecular formula is C61H47NS. The SMILES string of the molecule is CC1(C)C(/C=C/Nc2ccc3c(c2)C2(c4ccccc4-3)c3ccccc3C(C)(C)c3ccccc32)=C(/C=C\c2ccc(-c3ccc4c(c3)sc3ccccc34)cc2)c2ccccc21. The summed E-state index contributed by atoms with van der Waals surface area (Å²) in [6.45, 7) is 9.47. The van der Waals surface area contributed by atoms with Crippen molar-refractivity contribution < 1.29 is 0 Å². The minimum absolute atomic E-state index is 0.126. The van der Waals surface area contributed by atoms with Gasteiger partial charge in [-0.15, -0.1) is 11.3 Å². The Labute approximate surface area is 374 Å². The first-order chi connectivity index (χ1) is 30.7. The van der Waals surface area contributed by atoms with Crippen molar-refractivity contribution in [2.75, 3.05) is 5.32 Å². The zero-order valence-corrected chi connectivity index (χ0v) is 36.9. The Bertz CT molecular complexity index is 3370. The van der Waals surface area contributed by atoms with Crippen LogP contribution in [0, 0.1) is 0 Å². The van der Waals surface area contributed by atoms with Gasteiger partial charge in [0.1, 0.15) is 0 Å². The van der Waals surface area contributed by atoms with Crippen LogP contribution in [0.3, 0.4) is 0 Å². The topological polar surface area (TPSA) is 12.0 Å². The van der Waals surface area contributed by atoms with E-state index in [9.17, 15) is 0 Å². The van der Waals surface area contributed by atoms with E-state index in [1.54, 1.807) is 0 Å². The van der Waals surface area contributed by atoms with Crippen molar-refractivity contribution in [1.82, 2.24) is 0 Å². The van der Waals surface area contributed by atoms with Gasteiger partial charge in [-0.2, -0.15) is 0 Å². The van der Waals surface area contributed by atoms with Crippen molar-refractivity contribution in [2.45, 2.75) is 43.9 Å². The van der Waals surface area contributed by atoms with Gasteiger partial charge in [0.05, 0.1) is 5.41 Å². The number of hydrogen-bond donors (Lipinski definition) is 1. The minimum Gasteiger partial charge on any atom is -0.362 e. The monoisotopic (exact) mass is 825 g/mol. The van der Waals surface area contributed by atoms with E-state index in [1.807, 2.05) is 11.3 Å². The van der Waals surface area contributed by atoms with Crippen molar-refractivity contribution in [3.05, 3.63) is 256 Å². The van der Waals surface area contributed by atoms with Crippen molar-refractivity contribution in [1.29, 1.82) is 0 Å². The fourth-order valence-corrected chi connectivity index (χ4v) is 12.6. The summed E-state index contributed by atoms with van der Waals surface area (Å²) >= 11 is 1.87. The fraction of sp³-hybridized carbons (Fsp3) is 0.115. The number of benzene rings is 8. The van der Waals surface area contributed by atoms with Gasteiger partial charge in [-0.3, -0.25) is 0 Å². The third-order valence-corrected chi connectivity index (χ3v) is 15.6. The van der Waals surface area contributed by atoms with Crippen molar-refractivity contribution in [3.8, 4) is 22.3 Å². The normalized spacial score (nSPS) is 16.1. The van der Waals surface area contributed by atoms with Crippen LogP contribution < -0.4 is 5.32 Å². The molecule has 0 saturated carbocycles. The number of fused-ring (bicyclic) bond motifs is 13. The van der Waals surface area contributed by atoms with Crippen LogP contribution in [0.5, 0.6) is 0 Å². The highest BCUT2D eigenvalue weighted by Gasteiger charge is 2.53. The standard InChI is InChI=1S/C61H47NS/c1-59(2)49-18-8-5-15-43(49)45(32-27-39-25-28-40(29-26-39)41-30-33-48-47-17-7-14-24-57(47)63-58(48)37-41)50(59)35-36-62-42-31-34-46-44-16-6-9-19-51(44)61(56(46)38-42)54-22-12-10-20-52(54)60(3,4)53-21-11-13-23-55(53)61/h5-38,62H,1-4H3/b32-27-,36-35+. The summed E-state index contributed by atoms with van der Waals surface area (Å²) in [6, 6.07) is 67.8. The molecule has 1 heterocycles. The predicted octanol–water partition coefficient (Wildman–Crippen LogP) is 16.1. The first-order valence-electron chi connectivity index (χ1n) is 22.2. The minimum atomic E-state index is -0.420. The van der Waals surface area contributed by atoms with Gasteiger partial charge in [0.2, 0.25) is 0 Å². The number of rotatable bonds is 6. The third kappa shape index (κ3) is 5.54. The highest BCUT2D eigenvalue weighted by molar-refractivity contribution is 7.25. The molecule has 0 aliphatic heterocycles. The molecule has 0 saturated heterocycles. The van der Waals surface area contributed by atoms with Crippen molar-refractivity contribution in [3.63, 3.8) is 0 Å². The molecule has 0 unspecified atom stereocenters. The quantitative estimate of drug-likeness (QED) is 0.176. The van der Waals surface area contributed by atoms with Crippen LogP contribution >= 0.6 is 11.3 Å². The summed E-state index contributed by atoms with van der Waals surface area (Å²) in [5.41, 5.74) is 20.1. The number of allylic oxidation sites excluding steroid dienone is 4. The molecule has 0 radical (unpaired) electrons. The van der Waals surface area contributed by atoms with E-state index in [2.05, 4.69) is 239 Å². The highest BCUT2D eigenvalue weighted by atomic mass is 32.1. The van der Waals surface area contributed by atoms with Gasteiger partial charge in [0.15, 0.2) is 0 Å². The molecule has 8 aromatic carbocycles. The molecule has 0 atom stereocenters. The van der Waals surface area contributed by atoms with Crippen LogP contribution in [0.1, 0.15) is 77.8 Å². The summed E-state index contributed by atoms with van der Waals surface area (Å²) in [6.07, 6.45) is 9.05. The molecule has 3 aliphatic carbocycles. The number of hydrogen-bond acceptors (Lipinski definition) is 2. The van der Waals surface area contributed by atoms with Crippen molar-refractivity contribution >= 4 is 48.8 Å². The fourth-order valence-electron chi connectivity index (χ4n) is 11.4. The highest BCUT2D eigenvalue weighted by Crippen LogP contribution is 2.62. The van der Waals surface area contributed by atoms with Gasteiger partial charge in [-0.25, -0.2) is 0 Å². The molecule has 9 aromatic rings.